The van der Waals surface area contributed by atoms with Crippen LogP contribution < -0.4 is 5.32 Å². The van der Waals surface area contributed by atoms with Gasteiger partial charge < -0.3 is 10.2 Å². The van der Waals surface area contributed by atoms with Gasteiger partial charge in [-0.2, -0.15) is 10.2 Å². The van der Waals surface area contributed by atoms with Crippen molar-refractivity contribution in [3.8, 4) is 0 Å². The van der Waals surface area contributed by atoms with E-state index in [0.717, 1.165) is 37.9 Å². The van der Waals surface area contributed by atoms with E-state index in [1.807, 2.05) is 38.9 Å². The highest BCUT2D eigenvalue weighted by atomic mass is 16.2. The first-order valence-electron chi connectivity index (χ1n) is 9.18. The van der Waals surface area contributed by atoms with E-state index in [4.69, 9.17) is 0 Å². The van der Waals surface area contributed by atoms with Gasteiger partial charge in [0.1, 0.15) is 0 Å². The van der Waals surface area contributed by atoms with Gasteiger partial charge in [-0.15, -0.1) is 0 Å². The van der Waals surface area contributed by atoms with Crippen LogP contribution in [0.2, 0.25) is 0 Å². The summed E-state index contributed by atoms with van der Waals surface area (Å²) < 4.78 is 3.85. The normalized spacial score (nSPS) is 17.9. The number of piperidine rings is 1. The molecular formula is C18H28N6O. The summed E-state index contributed by atoms with van der Waals surface area (Å²) in [4.78, 5) is 14.6. The fraction of sp³-hybridized carbons (Fsp3) is 0.611. The standard InChI is InChI=1S/C18H28N6O/c1-15(2)24-14-16(13-21-24)12-19-18(25)23-10-4-3-6-17(23)7-11-22-9-5-8-20-22/h5,8-9,13-15,17H,3-4,6-7,10-12H2,1-2H3,(H,19,25)/t17-/m0/s1. The Morgan fingerprint density at radius 1 is 1.36 bits per heavy atom. The van der Waals surface area contributed by atoms with Crippen LogP contribution in [0, 0.1) is 0 Å². The van der Waals surface area contributed by atoms with Gasteiger partial charge >= 0.3 is 6.03 Å². The largest absolute Gasteiger partial charge is 0.334 e. The zero-order valence-corrected chi connectivity index (χ0v) is 15.1. The molecule has 1 atom stereocenters. The second kappa shape index (κ2) is 8.18. The lowest BCUT2D eigenvalue weighted by atomic mass is 10.00. The number of nitrogens with one attached hydrogen (secondary N) is 1. The number of rotatable bonds is 6. The highest BCUT2D eigenvalue weighted by Crippen LogP contribution is 2.20. The van der Waals surface area contributed by atoms with Gasteiger partial charge in [0.25, 0.3) is 0 Å². The van der Waals surface area contributed by atoms with Crippen molar-refractivity contribution < 1.29 is 4.79 Å². The molecule has 1 fully saturated rings. The Balaban J connectivity index is 1.52. The SMILES string of the molecule is CC(C)n1cc(CNC(=O)N2CCCC[C@H]2CCn2cccn2)cn1. The number of likely N-dealkylation sites (tertiary alicyclic amines) is 1. The van der Waals surface area contributed by atoms with Crippen molar-refractivity contribution in [2.24, 2.45) is 0 Å². The summed E-state index contributed by atoms with van der Waals surface area (Å²) in [7, 11) is 0. The second-order valence-corrected chi connectivity index (χ2v) is 6.98. The van der Waals surface area contributed by atoms with E-state index in [1.165, 1.54) is 6.42 Å². The molecule has 7 heteroatoms. The van der Waals surface area contributed by atoms with E-state index in [9.17, 15) is 4.79 Å². The molecular weight excluding hydrogens is 316 g/mol. The summed E-state index contributed by atoms with van der Waals surface area (Å²) in [6.07, 6.45) is 11.9. The number of carbonyl (C=O) groups is 1. The third kappa shape index (κ3) is 4.61. The zero-order valence-electron chi connectivity index (χ0n) is 15.1. The Bertz CT molecular complexity index is 663. The molecule has 3 rings (SSSR count). The molecule has 0 aliphatic carbocycles. The molecule has 1 N–H and O–H groups in total. The molecule has 1 aliphatic rings. The minimum absolute atomic E-state index is 0.0301. The van der Waals surface area contributed by atoms with Gasteiger partial charge in [-0.25, -0.2) is 4.79 Å². The predicted octanol–water partition coefficient (Wildman–Crippen LogP) is 2.81. The van der Waals surface area contributed by atoms with E-state index in [0.29, 0.717) is 12.6 Å². The Morgan fingerprint density at radius 2 is 2.24 bits per heavy atom. The van der Waals surface area contributed by atoms with Gasteiger partial charge in [-0.05, 0) is 45.6 Å². The average molecular weight is 344 g/mol. The van der Waals surface area contributed by atoms with Crippen LogP contribution in [0.25, 0.3) is 0 Å². The smallest absolute Gasteiger partial charge is 0.317 e. The molecule has 7 nitrogen and oxygen atoms in total. The number of aryl methyl sites for hydroxylation is 1. The minimum Gasteiger partial charge on any atom is -0.334 e. The highest BCUT2D eigenvalue weighted by molar-refractivity contribution is 5.74. The summed E-state index contributed by atoms with van der Waals surface area (Å²) in [5, 5.41) is 11.6. The van der Waals surface area contributed by atoms with Gasteiger partial charge in [0, 0.05) is 55.9 Å². The third-order valence-corrected chi connectivity index (χ3v) is 4.77. The monoisotopic (exact) mass is 344 g/mol. The van der Waals surface area contributed by atoms with Gasteiger partial charge in [-0.3, -0.25) is 9.36 Å². The van der Waals surface area contributed by atoms with E-state index in [2.05, 4.69) is 29.4 Å². The highest BCUT2D eigenvalue weighted by Gasteiger charge is 2.26. The summed E-state index contributed by atoms with van der Waals surface area (Å²) >= 11 is 0. The van der Waals surface area contributed by atoms with E-state index >= 15 is 0 Å². The Morgan fingerprint density at radius 3 is 2.96 bits per heavy atom. The maximum atomic E-state index is 12.6. The zero-order chi connectivity index (χ0) is 17.6. The van der Waals surface area contributed by atoms with Crippen LogP contribution >= 0.6 is 0 Å². The molecule has 0 radical (unpaired) electrons. The maximum absolute atomic E-state index is 12.6. The van der Waals surface area contributed by atoms with Gasteiger partial charge in [0.05, 0.1) is 6.20 Å². The Labute approximate surface area is 149 Å². The van der Waals surface area contributed by atoms with Crippen LogP contribution in [0.5, 0.6) is 0 Å². The molecule has 2 amide bonds. The maximum Gasteiger partial charge on any atom is 0.317 e. The van der Waals surface area contributed by atoms with Crippen LogP contribution in [0.3, 0.4) is 0 Å². The molecule has 2 aromatic rings. The number of carbonyl (C=O) groups excluding carboxylic acids is 1. The summed E-state index contributed by atoms with van der Waals surface area (Å²) in [6.45, 7) is 6.39. The first kappa shape index (κ1) is 17.5. The molecule has 3 heterocycles. The molecule has 1 saturated heterocycles. The Hall–Kier alpha value is -2.31. The molecule has 0 unspecified atom stereocenters. The molecule has 25 heavy (non-hydrogen) atoms. The fourth-order valence-corrected chi connectivity index (χ4v) is 3.31. The lowest BCUT2D eigenvalue weighted by molar-refractivity contribution is 0.143. The predicted molar refractivity (Wildman–Crippen MR) is 96.0 cm³/mol. The van der Waals surface area contributed by atoms with Crippen LogP contribution in [-0.2, 0) is 13.1 Å². The van der Waals surface area contributed by atoms with Crippen LogP contribution in [-0.4, -0.2) is 43.1 Å². The van der Waals surface area contributed by atoms with Gasteiger partial charge in [-0.1, -0.05) is 0 Å². The van der Waals surface area contributed by atoms with E-state index in [-0.39, 0.29) is 12.1 Å². The van der Waals surface area contributed by atoms with Crippen molar-refractivity contribution in [1.29, 1.82) is 0 Å². The fourth-order valence-electron chi connectivity index (χ4n) is 3.31. The number of aromatic nitrogens is 4. The molecule has 136 valence electrons. The van der Waals surface area contributed by atoms with Crippen LogP contribution in [0.1, 0.15) is 51.1 Å². The molecule has 0 spiro atoms. The van der Waals surface area contributed by atoms with Crippen molar-refractivity contribution >= 4 is 6.03 Å². The minimum atomic E-state index is 0.0301. The number of amides is 2. The number of urea groups is 1. The van der Waals surface area contributed by atoms with Gasteiger partial charge in [0.15, 0.2) is 0 Å². The first-order chi connectivity index (χ1) is 12.1. The van der Waals surface area contributed by atoms with Crippen LogP contribution in [0.4, 0.5) is 4.79 Å². The van der Waals surface area contributed by atoms with Gasteiger partial charge in [0.2, 0.25) is 0 Å². The Kier molecular flexibility index (Phi) is 5.73. The lowest BCUT2D eigenvalue weighted by Gasteiger charge is -2.35. The van der Waals surface area contributed by atoms with E-state index < -0.39 is 0 Å². The van der Waals surface area contributed by atoms with Crippen molar-refractivity contribution in [3.05, 3.63) is 36.4 Å². The number of nitrogens with zero attached hydrogens (tertiary/aromatic N) is 5. The molecule has 0 saturated carbocycles. The lowest BCUT2D eigenvalue weighted by Crippen LogP contribution is -2.48. The summed E-state index contributed by atoms with van der Waals surface area (Å²) in [5.41, 5.74) is 1.03. The topological polar surface area (TPSA) is 68.0 Å². The third-order valence-electron chi connectivity index (χ3n) is 4.77. The summed E-state index contributed by atoms with van der Waals surface area (Å²) in [5.74, 6) is 0. The molecule has 0 aromatic carbocycles. The second-order valence-electron chi connectivity index (χ2n) is 6.98. The first-order valence-corrected chi connectivity index (χ1v) is 9.18. The number of hydrogen-bond acceptors (Lipinski definition) is 3. The van der Waals surface area contributed by atoms with Crippen LogP contribution in [0.15, 0.2) is 30.9 Å². The quantitative estimate of drug-likeness (QED) is 0.876. The molecule has 2 aromatic heterocycles. The van der Waals surface area contributed by atoms with Crippen molar-refractivity contribution in [3.63, 3.8) is 0 Å². The van der Waals surface area contributed by atoms with Crippen molar-refractivity contribution in [1.82, 2.24) is 29.8 Å². The summed E-state index contributed by atoms with van der Waals surface area (Å²) in [6, 6.07) is 2.58. The van der Waals surface area contributed by atoms with Crippen molar-refractivity contribution in [2.75, 3.05) is 6.54 Å². The van der Waals surface area contributed by atoms with E-state index in [1.54, 1.807) is 6.20 Å². The average Bonchev–Trinajstić information content (AvgIpc) is 3.30. The molecule has 1 aliphatic heterocycles. The number of hydrogen-bond donors (Lipinski definition) is 1. The van der Waals surface area contributed by atoms with Crippen molar-refractivity contribution in [2.45, 2.75) is 64.7 Å². The molecule has 0 bridgehead atoms.